The summed E-state index contributed by atoms with van der Waals surface area (Å²) in [7, 11) is -3.49. The van der Waals surface area contributed by atoms with E-state index in [1.54, 1.807) is 30.5 Å². The van der Waals surface area contributed by atoms with Crippen molar-refractivity contribution in [2.24, 2.45) is 11.8 Å². The first-order valence-electron chi connectivity index (χ1n) is 9.55. The van der Waals surface area contributed by atoms with Gasteiger partial charge in [0.15, 0.2) is 0 Å². The van der Waals surface area contributed by atoms with Crippen molar-refractivity contribution in [2.75, 3.05) is 23.8 Å². The van der Waals surface area contributed by atoms with Gasteiger partial charge in [-0.15, -0.1) is 0 Å². The van der Waals surface area contributed by atoms with Crippen LogP contribution < -0.4 is 15.4 Å². The number of anilines is 3. The zero-order chi connectivity index (χ0) is 21.0. The molecule has 0 saturated heterocycles. The lowest BCUT2D eigenvalue weighted by Crippen LogP contribution is -2.30. The molecule has 0 bridgehead atoms. The normalized spacial score (nSPS) is 15.3. The van der Waals surface area contributed by atoms with Crippen LogP contribution in [-0.4, -0.2) is 42.7 Å². The second-order valence-corrected chi connectivity index (χ2v) is 10.1. The van der Waals surface area contributed by atoms with Gasteiger partial charge in [-0.2, -0.15) is 4.98 Å². The van der Waals surface area contributed by atoms with E-state index in [9.17, 15) is 13.5 Å². The first kappa shape index (κ1) is 21.9. The van der Waals surface area contributed by atoms with Gasteiger partial charge in [0, 0.05) is 18.4 Å². The monoisotopic (exact) mass is 483 g/mol. The maximum Gasteiger partial charge on any atom is 0.240 e. The van der Waals surface area contributed by atoms with Crippen molar-refractivity contribution < 1.29 is 13.5 Å². The van der Waals surface area contributed by atoms with Gasteiger partial charge in [-0.3, -0.25) is 0 Å². The summed E-state index contributed by atoms with van der Waals surface area (Å²) in [4.78, 5) is 8.91. The SMILES string of the molecule is CC(C)[C@H](CO)Nc1nc(Nc2ccc(S(=O)(=O)NCC3CC3)cc2)ncc1Br. The molecule has 1 fully saturated rings. The fraction of sp³-hybridized carbons (Fsp3) is 0.474. The lowest BCUT2D eigenvalue weighted by molar-refractivity contribution is 0.249. The van der Waals surface area contributed by atoms with Gasteiger partial charge < -0.3 is 15.7 Å². The highest BCUT2D eigenvalue weighted by atomic mass is 79.9. The number of hydrogen-bond donors (Lipinski definition) is 4. The molecule has 1 saturated carbocycles. The highest BCUT2D eigenvalue weighted by Crippen LogP contribution is 2.28. The van der Waals surface area contributed by atoms with Crippen molar-refractivity contribution in [3.63, 3.8) is 0 Å². The lowest BCUT2D eigenvalue weighted by Gasteiger charge is -2.21. The van der Waals surface area contributed by atoms with Crippen LogP contribution in [0, 0.1) is 11.8 Å². The number of nitrogens with one attached hydrogen (secondary N) is 3. The van der Waals surface area contributed by atoms with Crippen LogP contribution in [0.4, 0.5) is 17.5 Å². The molecule has 0 aliphatic heterocycles. The van der Waals surface area contributed by atoms with Gasteiger partial charge in [0.25, 0.3) is 0 Å². The number of nitrogens with zero attached hydrogens (tertiary/aromatic N) is 2. The molecule has 1 aromatic heterocycles. The number of sulfonamides is 1. The number of aliphatic hydroxyl groups is 1. The Balaban J connectivity index is 1.68. The highest BCUT2D eigenvalue weighted by molar-refractivity contribution is 9.10. The molecule has 4 N–H and O–H groups in total. The van der Waals surface area contributed by atoms with E-state index in [1.165, 1.54) is 0 Å². The quantitative estimate of drug-likeness (QED) is 0.410. The van der Waals surface area contributed by atoms with Crippen molar-refractivity contribution in [3.8, 4) is 0 Å². The van der Waals surface area contributed by atoms with Crippen LogP contribution in [-0.2, 0) is 10.0 Å². The van der Waals surface area contributed by atoms with E-state index in [0.717, 1.165) is 12.8 Å². The number of hydrogen-bond acceptors (Lipinski definition) is 7. The van der Waals surface area contributed by atoms with Gasteiger partial charge >= 0.3 is 0 Å². The number of aromatic nitrogens is 2. The van der Waals surface area contributed by atoms with E-state index in [0.29, 0.717) is 34.4 Å². The summed E-state index contributed by atoms with van der Waals surface area (Å²) in [6.45, 7) is 4.51. The third-order valence-electron chi connectivity index (χ3n) is 4.75. The molecule has 0 amide bonds. The first-order chi connectivity index (χ1) is 13.8. The fourth-order valence-corrected chi connectivity index (χ4v) is 4.03. The van der Waals surface area contributed by atoms with Gasteiger partial charge in [0.1, 0.15) is 5.82 Å². The predicted octanol–water partition coefficient (Wildman–Crippen LogP) is 3.10. The van der Waals surface area contributed by atoms with Crippen molar-refractivity contribution in [2.45, 2.75) is 37.6 Å². The summed E-state index contributed by atoms with van der Waals surface area (Å²) < 4.78 is 28.0. The molecule has 0 radical (unpaired) electrons. The van der Waals surface area contributed by atoms with E-state index in [2.05, 4.69) is 41.3 Å². The molecule has 1 heterocycles. The number of rotatable bonds is 10. The third kappa shape index (κ3) is 6.11. The summed E-state index contributed by atoms with van der Waals surface area (Å²) in [5, 5.41) is 15.8. The smallest absolute Gasteiger partial charge is 0.240 e. The van der Waals surface area contributed by atoms with Crippen LogP contribution in [0.5, 0.6) is 0 Å². The fourth-order valence-electron chi connectivity index (χ4n) is 2.61. The summed E-state index contributed by atoms with van der Waals surface area (Å²) in [5.41, 5.74) is 0.669. The van der Waals surface area contributed by atoms with Crippen molar-refractivity contribution in [1.29, 1.82) is 0 Å². The standard InChI is InChI=1S/C19H26BrN5O3S/c1-12(2)17(11-26)24-18-16(20)10-21-19(25-18)23-14-5-7-15(8-6-14)29(27,28)22-9-13-3-4-13/h5-8,10,12-13,17,22,26H,3-4,9,11H2,1-2H3,(H2,21,23,24,25)/t17-/m0/s1. The minimum absolute atomic E-state index is 0.0123. The number of halogens is 1. The van der Waals surface area contributed by atoms with E-state index >= 15 is 0 Å². The van der Waals surface area contributed by atoms with Crippen LogP contribution in [0.1, 0.15) is 26.7 Å². The number of aliphatic hydroxyl groups excluding tert-OH is 1. The summed E-state index contributed by atoms with van der Waals surface area (Å²) in [5.74, 6) is 1.63. The molecule has 0 unspecified atom stereocenters. The Morgan fingerprint density at radius 1 is 1.24 bits per heavy atom. The minimum atomic E-state index is -3.49. The largest absolute Gasteiger partial charge is 0.394 e. The Bertz CT molecular complexity index is 933. The highest BCUT2D eigenvalue weighted by Gasteiger charge is 2.24. The minimum Gasteiger partial charge on any atom is -0.394 e. The maximum absolute atomic E-state index is 12.3. The molecule has 8 nitrogen and oxygen atoms in total. The second-order valence-electron chi connectivity index (χ2n) is 7.51. The molecule has 1 aliphatic carbocycles. The molecular formula is C19H26BrN5O3S. The Labute approximate surface area is 179 Å². The Morgan fingerprint density at radius 2 is 1.93 bits per heavy atom. The van der Waals surface area contributed by atoms with Gasteiger partial charge in [0.2, 0.25) is 16.0 Å². The zero-order valence-electron chi connectivity index (χ0n) is 16.4. The average molecular weight is 484 g/mol. The lowest BCUT2D eigenvalue weighted by atomic mass is 10.1. The van der Waals surface area contributed by atoms with E-state index in [1.807, 2.05) is 13.8 Å². The zero-order valence-corrected chi connectivity index (χ0v) is 18.8. The molecule has 2 aromatic rings. The molecule has 1 aromatic carbocycles. The topological polar surface area (TPSA) is 116 Å². The van der Waals surface area contributed by atoms with Gasteiger partial charge in [-0.1, -0.05) is 13.8 Å². The molecule has 0 spiro atoms. The van der Waals surface area contributed by atoms with Crippen LogP contribution in [0.3, 0.4) is 0 Å². The van der Waals surface area contributed by atoms with Gasteiger partial charge in [0.05, 0.1) is 22.0 Å². The first-order valence-corrected chi connectivity index (χ1v) is 11.8. The van der Waals surface area contributed by atoms with Crippen molar-refractivity contribution >= 4 is 43.4 Å². The van der Waals surface area contributed by atoms with Gasteiger partial charge in [-0.05, 0) is 64.9 Å². The van der Waals surface area contributed by atoms with Crippen LogP contribution in [0.15, 0.2) is 39.8 Å². The number of benzene rings is 1. The van der Waals surface area contributed by atoms with E-state index < -0.39 is 10.0 Å². The second kappa shape index (κ2) is 9.38. The average Bonchev–Trinajstić information content (AvgIpc) is 3.51. The Kier molecular flexibility index (Phi) is 7.10. The third-order valence-corrected chi connectivity index (χ3v) is 6.77. The van der Waals surface area contributed by atoms with E-state index in [4.69, 9.17) is 0 Å². The summed E-state index contributed by atoms with van der Waals surface area (Å²) >= 11 is 3.41. The van der Waals surface area contributed by atoms with Crippen molar-refractivity contribution in [3.05, 3.63) is 34.9 Å². The van der Waals surface area contributed by atoms with Gasteiger partial charge in [-0.25, -0.2) is 18.1 Å². The van der Waals surface area contributed by atoms with Crippen LogP contribution in [0.25, 0.3) is 0 Å². The molecule has 10 heteroatoms. The van der Waals surface area contributed by atoms with E-state index in [-0.39, 0.29) is 23.5 Å². The molecule has 29 heavy (non-hydrogen) atoms. The predicted molar refractivity (Wildman–Crippen MR) is 117 cm³/mol. The molecule has 158 valence electrons. The maximum atomic E-state index is 12.3. The Hall–Kier alpha value is -1.75. The summed E-state index contributed by atoms with van der Waals surface area (Å²) in [6, 6.07) is 6.32. The molecular weight excluding hydrogens is 458 g/mol. The van der Waals surface area contributed by atoms with Crippen LogP contribution >= 0.6 is 15.9 Å². The molecule has 1 atom stereocenters. The van der Waals surface area contributed by atoms with Crippen LogP contribution in [0.2, 0.25) is 0 Å². The summed E-state index contributed by atoms with van der Waals surface area (Å²) in [6.07, 6.45) is 3.80. The Morgan fingerprint density at radius 3 is 2.52 bits per heavy atom. The molecule has 3 rings (SSSR count). The molecule has 1 aliphatic rings. The van der Waals surface area contributed by atoms with Crippen molar-refractivity contribution in [1.82, 2.24) is 14.7 Å².